The highest BCUT2D eigenvalue weighted by Crippen LogP contribution is 2.22. The monoisotopic (exact) mass is 344 g/mol. The molecule has 0 saturated carbocycles. The molecule has 7 nitrogen and oxygen atoms in total. The van der Waals surface area contributed by atoms with Gasteiger partial charge in [0.2, 0.25) is 5.91 Å². The summed E-state index contributed by atoms with van der Waals surface area (Å²) in [6.45, 7) is 4.34. The summed E-state index contributed by atoms with van der Waals surface area (Å²) in [6, 6.07) is 1.74. The molecule has 0 radical (unpaired) electrons. The van der Waals surface area contributed by atoms with E-state index in [1.165, 1.54) is 13.1 Å². The first-order valence-corrected chi connectivity index (χ1v) is 8.86. The van der Waals surface area contributed by atoms with Crippen LogP contribution >= 0.6 is 0 Å². The lowest BCUT2D eigenvalue weighted by Crippen LogP contribution is -2.47. The maximum atomic E-state index is 12.5. The minimum absolute atomic E-state index is 0.0954. The van der Waals surface area contributed by atoms with Crippen LogP contribution in [0.4, 0.5) is 10.5 Å². The van der Waals surface area contributed by atoms with Crippen molar-refractivity contribution in [3.05, 3.63) is 24.0 Å². The van der Waals surface area contributed by atoms with Crippen molar-refractivity contribution >= 4 is 23.4 Å². The third-order valence-electron chi connectivity index (χ3n) is 4.97. The first kappa shape index (κ1) is 17.4. The van der Waals surface area contributed by atoms with E-state index in [1.54, 1.807) is 12.3 Å². The van der Waals surface area contributed by atoms with Gasteiger partial charge in [-0.15, -0.1) is 0 Å². The molecule has 0 aromatic carbocycles. The topological polar surface area (TPSA) is 82.6 Å². The Balaban J connectivity index is 1.55. The number of urea groups is 1. The second kappa shape index (κ2) is 7.63. The first-order valence-electron chi connectivity index (χ1n) is 8.86. The van der Waals surface area contributed by atoms with Crippen LogP contribution in [0.5, 0.6) is 0 Å². The Morgan fingerprint density at radius 3 is 2.36 bits per heavy atom. The number of amides is 3. The van der Waals surface area contributed by atoms with Crippen LogP contribution in [0.2, 0.25) is 0 Å². The number of pyridine rings is 1. The fourth-order valence-corrected chi connectivity index (χ4v) is 3.46. The zero-order valence-corrected chi connectivity index (χ0v) is 14.5. The van der Waals surface area contributed by atoms with Crippen molar-refractivity contribution in [1.82, 2.24) is 14.8 Å². The molecule has 0 aliphatic carbocycles. The molecule has 0 bridgehead atoms. The van der Waals surface area contributed by atoms with Gasteiger partial charge in [0.1, 0.15) is 0 Å². The summed E-state index contributed by atoms with van der Waals surface area (Å²) in [5.41, 5.74) is 0.917. The van der Waals surface area contributed by atoms with Gasteiger partial charge in [0.15, 0.2) is 5.78 Å². The van der Waals surface area contributed by atoms with Gasteiger partial charge in [-0.1, -0.05) is 0 Å². The molecule has 1 N–H and O–H groups in total. The number of aromatic nitrogens is 1. The molecule has 3 heterocycles. The van der Waals surface area contributed by atoms with Gasteiger partial charge in [-0.05, 0) is 38.7 Å². The largest absolute Gasteiger partial charge is 0.325 e. The molecule has 7 heteroatoms. The van der Waals surface area contributed by atoms with Crippen molar-refractivity contribution in [2.24, 2.45) is 5.92 Å². The van der Waals surface area contributed by atoms with E-state index in [-0.39, 0.29) is 23.6 Å². The molecule has 3 rings (SSSR count). The van der Waals surface area contributed by atoms with E-state index in [0.29, 0.717) is 37.2 Å². The fraction of sp³-hybridized carbons (Fsp3) is 0.556. The number of hydrogen-bond donors (Lipinski definition) is 1. The highest BCUT2D eigenvalue weighted by atomic mass is 16.2. The Morgan fingerprint density at radius 1 is 1.08 bits per heavy atom. The van der Waals surface area contributed by atoms with Crippen LogP contribution in [-0.4, -0.2) is 58.7 Å². The fourth-order valence-electron chi connectivity index (χ4n) is 3.46. The van der Waals surface area contributed by atoms with Gasteiger partial charge >= 0.3 is 6.03 Å². The van der Waals surface area contributed by atoms with Crippen LogP contribution in [0.1, 0.15) is 43.0 Å². The Labute approximate surface area is 147 Å². The maximum absolute atomic E-state index is 12.5. The Hall–Kier alpha value is -2.44. The van der Waals surface area contributed by atoms with Gasteiger partial charge in [0.25, 0.3) is 0 Å². The van der Waals surface area contributed by atoms with Crippen LogP contribution in [0, 0.1) is 5.92 Å². The van der Waals surface area contributed by atoms with Crippen molar-refractivity contribution in [2.75, 3.05) is 31.5 Å². The van der Waals surface area contributed by atoms with Crippen molar-refractivity contribution in [3.8, 4) is 0 Å². The van der Waals surface area contributed by atoms with Crippen LogP contribution in [0.3, 0.4) is 0 Å². The maximum Gasteiger partial charge on any atom is 0.319 e. The molecule has 2 fully saturated rings. The van der Waals surface area contributed by atoms with E-state index in [4.69, 9.17) is 0 Å². The van der Waals surface area contributed by atoms with Gasteiger partial charge < -0.3 is 15.1 Å². The number of nitrogens with one attached hydrogen (secondary N) is 1. The summed E-state index contributed by atoms with van der Waals surface area (Å²) in [6.07, 6.45) is 6.47. The van der Waals surface area contributed by atoms with Crippen LogP contribution in [0.15, 0.2) is 18.5 Å². The number of hydrogen-bond acceptors (Lipinski definition) is 4. The number of Topliss-reactive ketones (excluding diaryl/α,β-unsaturated/α-hetero) is 1. The Kier molecular flexibility index (Phi) is 5.31. The van der Waals surface area contributed by atoms with Crippen molar-refractivity contribution in [1.29, 1.82) is 0 Å². The van der Waals surface area contributed by atoms with E-state index in [2.05, 4.69) is 10.3 Å². The zero-order chi connectivity index (χ0) is 17.8. The number of nitrogens with zero attached hydrogens (tertiary/aromatic N) is 3. The predicted molar refractivity (Wildman–Crippen MR) is 93.4 cm³/mol. The lowest BCUT2D eigenvalue weighted by molar-refractivity contribution is -0.121. The standard InChI is InChI=1S/C18H24N4O3/c1-13(23)15-12-19-7-4-16(15)20-17(24)14-5-10-22(11-6-14)18(25)21-8-2-3-9-21/h4,7,12,14H,2-3,5-6,8-11H2,1H3,(H,19,20,24). The molecule has 1 aromatic heterocycles. The van der Waals surface area contributed by atoms with E-state index >= 15 is 0 Å². The number of carbonyl (C=O) groups excluding carboxylic acids is 3. The minimum Gasteiger partial charge on any atom is -0.325 e. The summed E-state index contributed by atoms with van der Waals surface area (Å²) in [4.78, 5) is 44.2. The highest BCUT2D eigenvalue weighted by molar-refractivity contribution is 6.03. The van der Waals surface area contributed by atoms with Gasteiger partial charge in [-0.3, -0.25) is 14.6 Å². The average Bonchev–Trinajstić information content (AvgIpc) is 3.16. The Morgan fingerprint density at radius 2 is 1.72 bits per heavy atom. The van der Waals surface area contributed by atoms with Gasteiger partial charge in [0, 0.05) is 44.5 Å². The molecule has 0 atom stereocenters. The lowest BCUT2D eigenvalue weighted by atomic mass is 9.95. The molecule has 2 aliphatic heterocycles. The molecule has 25 heavy (non-hydrogen) atoms. The molecule has 3 amide bonds. The van der Waals surface area contributed by atoms with Crippen molar-refractivity contribution < 1.29 is 14.4 Å². The second-order valence-corrected chi connectivity index (χ2v) is 6.70. The molecule has 2 saturated heterocycles. The first-order chi connectivity index (χ1) is 12.1. The molecular weight excluding hydrogens is 320 g/mol. The van der Waals surface area contributed by atoms with Crippen LogP contribution in [-0.2, 0) is 4.79 Å². The normalized spacial score (nSPS) is 18.3. The van der Waals surface area contributed by atoms with Gasteiger partial charge in [0.05, 0.1) is 11.3 Å². The van der Waals surface area contributed by atoms with Gasteiger partial charge in [-0.25, -0.2) is 4.79 Å². The number of likely N-dealkylation sites (tertiary alicyclic amines) is 2. The van der Waals surface area contributed by atoms with E-state index in [9.17, 15) is 14.4 Å². The summed E-state index contributed by atoms with van der Waals surface area (Å²) in [5, 5.41) is 2.85. The van der Waals surface area contributed by atoms with E-state index in [1.807, 2.05) is 9.80 Å². The van der Waals surface area contributed by atoms with Crippen LogP contribution < -0.4 is 5.32 Å². The summed E-state index contributed by atoms with van der Waals surface area (Å²) < 4.78 is 0. The summed E-state index contributed by atoms with van der Waals surface area (Å²) >= 11 is 0. The second-order valence-electron chi connectivity index (χ2n) is 6.70. The third kappa shape index (κ3) is 3.97. The number of anilines is 1. The minimum atomic E-state index is -0.143. The zero-order valence-electron chi connectivity index (χ0n) is 14.5. The van der Waals surface area contributed by atoms with E-state index in [0.717, 1.165) is 25.9 Å². The highest BCUT2D eigenvalue weighted by Gasteiger charge is 2.30. The molecule has 2 aliphatic rings. The summed E-state index contributed by atoms with van der Waals surface area (Å²) in [7, 11) is 0. The van der Waals surface area contributed by atoms with Gasteiger partial charge in [-0.2, -0.15) is 0 Å². The third-order valence-corrected chi connectivity index (χ3v) is 4.97. The lowest BCUT2D eigenvalue weighted by Gasteiger charge is -2.34. The van der Waals surface area contributed by atoms with Crippen molar-refractivity contribution in [3.63, 3.8) is 0 Å². The summed E-state index contributed by atoms with van der Waals surface area (Å²) in [5.74, 6) is -0.369. The molecule has 134 valence electrons. The van der Waals surface area contributed by atoms with Crippen molar-refractivity contribution in [2.45, 2.75) is 32.6 Å². The smallest absolute Gasteiger partial charge is 0.319 e. The number of ketones is 1. The molecular formula is C18H24N4O3. The quantitative estimate of drug-likeness (QED) is 0.852. The Bertz CT molecular complexity index is 662. The molecule has 1 aromatic rings. The van der Waals surface area contributed by atoms with E-state index < -0.39 is 0 Å². The number of piperidine rings is 1. The molecule has 0 unspecified atom stereocenters. The predicted octanol–water partition coefficient (Wildman–Crippen LogP) is 2.15. The molecule has 0 spiro atoms. The van der Waals surface area contributed by atoms with Crippen LogP contribution in [0.25, 0.3) is 0 Å². The number of rotatable bonds is 3. The number of carbonyl (C=O) groups is 3. The average molecular weight is 344 g/mol. The SMILES string of the molecule is CC(=O)c1cnccc1NC(=O)C1CCN(C(=O)N2CCCC2)CC1.